The van der Waals surface area contributed by atoms with Gasteiger partial charge in [0.25, 0.3) is 5.56 Å². The van der Waals surface area contributed by atoms with Gasteiger partial charge in [0.05, 0.1) is 5.92 Å². The summed E-state index contributed by atoms with van der Waals surface area (Å²) in [6, 6.07) is 1.52. The van der Waals surface area contributed by atoms with E-state index >= 15 is 0 Å². The molecule has 1 unspecified atom stereocenters. The number of hydrogen-bond acceptors (Lipinski definition) is 5. The predicted molar refractivity (Wildman–Crippen MR) is 80.3 cm³/mol. The molecule has 1 atom stereocenters. The Labute approximate surface area is 132 Å². The van der Waals surface area contributed by atoms with Gasteiger partial charge in [-0.15, -0.1) is 0 Å². The Kier molecular flexibility index (Phi) is 3.86. The molecular weight excluding hydrogens is 310 g/mol. The molecule has 7 nitrogen and oxygen atoms in total. The number of halogens is 1. The maximum absolute atomic E-state index is 12.3. The number of aryl methyl sites for hydroxylation is 1. The third kappa shape index (κ3) is 2.48. The molecule has 0 aliphatic carbocycles. The number of aliphatic carboxylic acids is 1. The van der Waals surface area contributed by atoms with Gasteiger partial charge in [-0.1, -0.05) is 11.6 Å². The number of carboxylic acids is 1. The van der Waals surface area contributed by atoms with Gasteiger partial charge in [0.15, 0.2) is 5.15 Å². The van der Waals surface area contributed by atoms with Crippen molar-refractivity contribution in [3.8, 4) is 0 Å². The van der Waals surface area contributed by atoms with Crippen molar-refractivity contribution in [3.05, 3.63) is 21.6 Å². The molecule has 2 fully saturated rings. The summed E-state index contributed by atoms with van der Waals surface area (Å²) in [5.41, 5.74) is -0.194. The topological polar surface area (TPSA) is 84.7 Å². The first kappa shape index (κ1) is 15.3. The van der Waals surface area contributed by atoms with E-state index in [-0.39, 0.29) is 16.1 Å². The van der Waals surface area contributed by atoms with Crippen molar-refractivity contribution in [2.45, 2.75) is 12.8 Å². The minimum absolute atomic E-state index is 0.219. The largest absolute Gasteiger partial charge is 0.481 e. The Morgan fingerprint density at radius 1 is 1.50 bits per heavy atom. The summed E-state index contributed by atoms with van der Waals surface area (Å²) < 4.78 is 6.56. The molecule has 1 spiro atoms. The third-order valence-electron chi connectivity index (χ3n) is 4.79. The fraction of sp³-hybridized carbons (Fsp3) is 0.643. The minimum Gasteiger partial charge on any atom is -0.481 e. The Balaban J connectivity index is 1.97. The van der Waals surface area contributed by atoms with Gasteiger partial charge < -0.3 is 14.7 Å². The Hall–Kier alpha value is -1.60. The molecule has 0 saturated carbocycles. The van der Waals surface area contributed by atoms with Crippen LogP contribution in [0.2, 0.25) is 5.15 Å². The van der Waals surface area contributed by atoms with Gasteiger partial charge in [-0.2, -0.15) is 5.10 Å². The van der Waals surface area contributed by atoms with E-state index in [4.69, 9.17) is 16.3 Å². The number of carboxylic acid groups (broad SMARTS) is 1. The third-order valence-corrected chi connectivity index (χ3v) is 4.97. The second kappa shape index (κ2) is 5.55. The number of hydrogen-bond donors (Lipinski definition) is 1. The van der Waals surface area contributed by atoms with Crippen LogP contribution in [-0.4, -0.2) is 47.2 Å². The molecule has 1 aromatic rings. The summed E-state index contributed by atoms with van der Waals surface area (Å²) in [7, 11) is 1.53. The lowest BCUT2D eigenvalue weighted by molar-refractivity contribution is -0.146. The van der Waals surface area contributed by atoms with Crippen LogP contribution in [0.5, 0.6) is 0 Å². The zero-order chi connectivity index (χ0) is 15.9. The summed E-state index contributed by atoms with van der Waals surface area (Å²) in [5, 5.41) is 13.7. The van der Waals surface area contributed by atoms with Crippen molar-refractivity contribution < 1.29 is 14.6 Å². The molecule has 2 saturated heterocycles. The zero-order valence-corrected chi connectivity index (χ0v) is 13.0. The number of nitrogens with zero attached hydrogens (tertiary/aromatic N) is 3. The summed E-state index contributed by atoms with van der Waals surface area (Å²) in [6.07, 6.45) is 1.39. The highest BCUT2D eigenvalue weighted by molar-refractivity contribution is 6.29. The minimum atomic E-state index is -0.818. The van der Waals surface area contributed by atoms with Gasteiger partial charge in [-0.25, -0.2) is 4.68 Å². The highest BCUT2D eigenvalue weighted by atomic mass is 35.5. The van der Waals surface area contributed by atoms with E-state index in [1.807, 2.05) is 4.90 Å². The maximum Gasteiger partial charge on any atom is 0.308 e. The molecule has 8 heteroatoms. The highest BCUT2D eigenvalue weighted by Crippen LogP contribution is 2.45. The van der Waals surface area contributed by atoms with Crippen molar-refractivity contribution in [1.82, 2.24) is 9.78 Å². The van der Waals surface area contributed by atoms with E-state index < -0.39 is 11.9 Å². The molecule has 2 aliphatic rings. The van der Waals surface area contributed by atoms with Crippen LogP contribution in [-0.2, 0) is 16.6 Å². The average molecular weight is 328 g/mol. The second-order valence-corrected chi connectivity index (χ2v) is 6.41. The quantitative estimate of drug-likeness (QED) is 0.863. The highest BCUT2D eigenvalue weighted by Gasteiger charge is 2.51. The lowest BCUT2D eigenvalue weighted by Gasteiger charge is -2.36. The first-order chi connectivity index (χ1) is 10.4. The Morgan fingerprint density at radius 3 is 2.82 bits per heavy atom. The van der Waals surface area contributed by atoms with Gasteiger partial charge in [0.2, 0.25) is 0 Å². The van der Waals surface area contributed by atoms with E-state index in [0.29, 0.717) is 44.8 Å². The first-order valence-electron chi connectivity index (χ1n) is 7.22. The smallest absolute Gasteiger partial charge is 0.308 e. The molecule has 1 aromatic heterocycles. The van der Waals surface area contributed by atoms with Crippen molar-refractivity contribution >= 4 is 23.3 Å². The summed E-state index contributed by atoms with van der Waals surface area (Å²) in [6.45, 7) is 1.97. The number of aromatic nitrogens is 2. The SMILES string of the molecule is Cn1nc(Cl)cc(N2CC(C(=O)O)C3(CCOCC3)C2)c1=O. The van der Waals surface area contributed by atoms with Crippen LogP contribution < -0.4 is 10.5 Å². The monoisotopic (exact) mass is 327 g/mol. The Bertz CT molecular complexity index is 654. The van der Waals surface area contributed by atoms with Crippen molar-refractivity contribution in [3.63, 3.8) is 0 Å². The van der Waals surface area contributed by atoms with Crippen molar-refractivity contribution in [2.75, 3.05) is 31.2 Å². The predicted octanol–water partition coefficient (Wildman–Crippen LogP) is 0.751. The first-order valence-corrected chi connectivity index (χ1v) is 7.60. The van der Waals surface area contributed by atoms with Gasteiger partial charge >= 0.3 is 5.97 Å². The Morgan fingerprint density at radius 2 is 2.18 bits per heavy atom. The molecule has 0 aromatic carbocycles. The fourth-order valence-electron chi connectivity index (χ4n) is 3.56. The summed E-state index contributed by atoms with van der Waals surface area (Å²) in [5.74, 6) is -1.32. The van der Waals surface area contributed by atoms with Crippen LogP contribution in [0.25, 0.3) is 0 Å². The van der Waals surface area contributed by atoms with E-state index in [1.54, 1.807) is 0 Å². The van der Waals surface area contributed by atoms with Crippen LogP contribution in [0.15, 0.2) is 10.9 Å². The molecule has 3 heterocycles. The molecule has 0 radical (unpaired) electrons. The van der Waals surface area contributed by atoms with E-state index in [2.05, 4.69) is 5.10 Å². The van der Waals surface area contributed by atoms with Crippen molar-refractivity contribution in [1.29, 1.82) is 0 Å². The lowest BCUT2D eigenvalue weighted by Crippen LogP contribution is -2.40. The number of carbonyl (C=O) groups is 1. The molecule has 0 bridgehead atoms. The van der Waals surface area contributed by atoms with Crippen LogP contribution in [0.3, 0.4) is 0 Å². The van der Waals surface area contributed by atoms with E-state index in [0.717, 1.165) is 0 Å². The van der Waals surface area contributed by atoms with Crippen LogP contribution in [0, 0.1) is 11.3 Å². The summed E-state index contributed by atoms with van der Waals surface area (Å²) >= 11 is 5.94. The lowest BCUT2D eigenvalue weighted by atomic mass is 9.72. The normalized spacial score (nSPS) is 23.9. The molecular formula is C14H18ClN3O4. The molecule has 120 valence electrons. The zero-order valence-electron chi connectivity index (χ0n) is 12.3. The fourth-order valence-corrected chi connectivity index (χ4v) is 3.78. The number of ether oxygens (including phenoxy) is 1. The van der Waals surface area contributed by atoms with Crippen LogP contribution in [0.1, 0.15) is 12.8 Å². The van der Waals surface area contributed by atoms with Gasteiger partial charge in [0, 0.05) is 44.8 Å². The van der Waals surface area contributed by atoms with Gasteiger partial charge in [-0.3, -0.25) is 9.59 Å². The number of rotatable bonds is 2. The molecule has 2 aliphatic heterocycles. The standard InChI is InChI=1S/C14H18ClN3O4/c1-17-12(19)10(6-11(15)16-17)18-7-9(13(20)21)14(8-18)2-4-22-5-3-14/h6,9H,2-5,7-8H2,1H3,(H,20,21). The van der Waals surface area contributed by atoms with E-state index in [9.17, 15) is 14.7 Å². The second-order valence-electron chi connectivity index (χ2n) is 6.03. The molecule has 1 N–H and O–H groups in total. The molecule has 3 rings (SSSR count). The van der Waals surface area contributed by atoms with Crippen LogP contribution >= 0.6 is 11.6 Å². The van der Waals surface area contributed by atoms with Gasteiger partial charge in [-0.05, 0) is 12.8 Å². The molecule has 22 heavy (non-hydrogen) atoms. The van der Waals surface area contributed by atoms with Crippen molar-refractivity contribution in [2.24, 2.45) is 18.4 Å². The van der Waals surface area contributed by atoms with Gasteiger partial charge in [0.1, 0.15) is 5.69 Å². The average Bonchev–Trinajstić information content (AvgIpc) is 2.82. The number of anilines is 1. The van der Waals surface area contributed by atoms with Crippen LogP contribution in [0.4, 0.5) is 5.69 Å². The molecule has 0 amide bonds. The maximum atomic E-state index is 12.3. The summed E-state index contributed by atoms with van der Waals surface area (Å²) in [4.78, 5) is 25.8. The van der Waals surface area contributed by atoms with E-state index in [1.165, 1.54) is 17.8 Å².